The van der Waals surface area contributed by atoms with Gasteiger partial charge >= 0.3 is 15.6 Å². The number of aromatic nitrogens is 6. The van der Waals surface area contributed by atoms with Crippen molar-refractivity contribution in [2.45, 2.75) is 56.0 Å². The Morgan fingerprint density at radius 3 is 2.24 bits per heavy atom. The standard InChI is InChI=1S/C23H27N7O13P2/c1-9-27-20-11(21(33)28-9)3-5-30(20)23-17-14(31)12(40-23)6-38-44(34,35)42-16-13(7-39-45(36,37)43-17)41-22(15(16)32)29-4-2-10-18(24)25-8-26-19(10)29/h2-5,8,12-17,22-23,31-32H,6-7H2,1H3,(H,34,35)(H,36,37)(H2,24,25,26)(H,27,28,33)/t12-,13-,14?,15?,16+,17+,22-,23-/m1/s1. The summed E-state index contributed by atoms with van der Waals surface area (Å²) in [6.45, 7) is -0.00497. The number of ether oxygens (including phenoxy) is 2. The van der Waals surface area contributed by atoms with Crippen LogP contribution >= 0.6 is 15.6 Å². The van der Waals surface area contributed by atoms with Crippen molar-refractivity contribution in [3.63, 3.8) is 0 Å². The van der Waals surface area contributed by atoms with Crippen LogP contribution in [0, 0.1) is 6.92 Å². The van der Waals surface area contributed by atoms with Crippen LogP contribution in [-0.4, -0.2) is 98.9 Å². The molecule has 7 rings (SSSR count). The van der Waals surface area contributed by atoms with Crippen molar-refractivity contribution in [2.24, 2.45) is 0 Å². The Kier molecular flexibility index (Phi) is 7.47. The molecule has 0 radical (unpaired) electrons. The van der Waals surface area contributed by atoms with Gasteiger partial charge in [0.15, 0.2) is 12.5 Å². The molecule has 45 heavy (non-hydrogen) atoms. The topological polar surface area (TPSA) is 278 Å². The molecule has 2 bridgehead atoms. The van der Waals surface area contributed by atoms with Crippen molar-refractivity contribution in [3.8, 4) is 0 Å². The van der Waals surface area contributed by atoms with E-state index < -0.39 is 83.5 Å². The van der Waals surface area contributed by atoms with E-state index in [1.165, 1.54) is 33.9 Å². The highest BCUT2D eigenvalue weighted by molar-refractivity contribution is 7.47. The fraction of sp³-hybridized carbons (Fsp3) is 0.478. The maximum Gasteiger partial charge on any atom is 0.472 e. The van der Waals surface area contributed by atoms with Crippen LogP contribution in [-0.2, 0) is 36.7 Å². The third-order valence-corrected chi connectivity index (χ3v) is 9.69. The Hall–Kier alpha value is -3.10. The zero-order chi connectivity index (χ0) is 31.8. The second-order valence-corrected chi connectivity index (χ2v) is 13.4. The van der Waals surface area contributed by atoms with Crippen LogP contribution in [0.3, 0.4) is 0 Å². The number of nitrogens with two attached hydrogens (primary N) is 1. The lowest BCUT2D eigenvalue weighted by atomic mass is 10.1. The molecular weight excluding hydrogens is 644 g/mol. The summed E-state index contributed by atoms with van der Waals surface area (Å²) in [4.78, 5) is 48.7. The average Bonchev–Trinajstić information content (AvgIpc) is 3.72. The van der Waals surface area contributed by atoms with Gasteiger partial charge in [0.05, 0.1) is 24.0 Å². The lowest BCUT2D eigenvalue weighted by molar-refractivity contribution is -0.0670. The van der Waals surface area contributed by atoms with E-state index in [2.05, 4.69) is 19.9 Å². The Balaban J connectivity index is 1.21. The summed E-state index contributed by atoms with van der Waals surface area (Å²) in [6, 6.07) is 2.99. The van der Waals surface area contributed by atoms with E-state index in [4.69, 9.17) is 33.3 Å². The van der Waals surface area contributed by atoms with E-state index in [0.29, 0.717) is 5.39 Å². The van der Waals surface area contributed by atoms with E-state index in [9.17, 15) is 33.9 Å². The maximum absolute atomic E-state index is 13.2. The lowest BCUT2D eigenvalue weighted by Crippen LogP contribution is -2.36. The molecule has 0 aromatic carbocycles. The molecule has 3 saturated heterocycles. The molecule has 0 aliphatic carbocycles. The molecule has 7 N–H and O–H groups in total. The SMILES string of the molecule is Cc1nc2c(ccn2[C@@H]2O[C@@H]3COP(=O)(O)O[C@@H]4C(O)[C@H](n5ccc6c(N)ncnc65)O[C@@H]4COP(=O)(O)O[C@H]2C3O)c(=O)[nH]1. The normalized spacial score (nSPS) is 37.7. The zero-order valence-electron chi connectivity index (χ0n) is 23.1. The van der Waals surface area contributed by atoms with Crippen LogP contribution in [0.1, 0.15) is 18.3 Å². The molecule has 3 fully saturated rings. The highest BCUT2D eigenvalue weighted by atomic mass is 31.2. The van der Waals surface area contributed by atoms with E-state index >= 15 is 0 Å². The number of rotatable bonds is 2. The van der Waals surface area contributed by atoms with Gasteiger partial charge in [0.1, 0.15) is 65.9 Å². The largest absolute Gasteiger partial charge is 0.472 e. The minimum Gasteiger partial charge on any atom is -0.387 e. The highest BCUT2D eigenvalue weighted by Gasteiger charge is 2.53. The number of nitrogens with zero attached hydrogens (tertiary/aromatic N) is 5. The van der Waals surface area contributed by atoms with Gasteiger partial charge in [-0.25, -0.2) is 24.1 Å². The Morgan fingerprint density at radius 2 is 1.51 bits per heavy atom. The van der Waals surface area contributed by atoms with Crippen molar-refractivity contribution in [1.82, 2.24) is 29.1 Å². The van der Waals surface area contributed by atoms with Crippen LogP contribution in [0.25, 0.3) is 22.1 Å². The number of nitrogens with one attached hydrogen (secondary N) is 1. The molecule has 20 nitrogen and oxygen atoms in total. The van der Waals surface area contributed by atoms with Crippen LogP contribution in [0.4, 0.5) is 5.82 Å². The first-order chi connectivity index (χ1) is 21.3. The number of aliphatic hydroxyl groups is 2. The number of hydrogen-bond acceptors (Lipinski definition) is 15. The van der Waals surface area contributed by atoms with Gasteiger partial charge in [-0.3, -0.25) is 22.9 Å². The predicted octanol–water partition coefficient (Wildman–Crippen LogP) is -0.405. The Morgan fingerprint density at radius 1 is 0.889 bits per heavy atom. The molecule has 4 aromatic heterocycles. The first kappa shape index (κ1) is 30.5. The van der Waals surface area contributed by atoms with Crippen LogP contribution < -0.4 is 11.3 Å². The molecular formula is C23H27N7O13P2. The molecule has 7 heterocycles. The van der Waals surface area contributed by atoms with E-state index in [1.54, 1.807) is 13.0 Å². The Labute approximate surface area is 251 Å². The summed E-state index contributed by atoms with van der Waals surface area (Å²) in [5.41, 5.74) is 5.82. The number of nitrogen functional groups attached to an aromatic ring is 1. The van der Waals surface area contributed by atoms with Crippen LogP contribution in [0.15, 0.2) is 35.6 Å². The van der Waals surface area contributed by atoms with E-state index in [1.807, 2.05) is 0 Å². The third kappa shape index (κ3) is 5.42. The molecule has 4 aromatic rings. The first-order valence-corrected chi connectivity index (χ1v) is 16.4. The number of phosphoric ester groups is 2. The number of aryl methyl sites for hydroxylation is 1. The summed E-state index contributed by atoms with van der Waals surface area (Å²) < 4.78 is 61.8. The van der Waals surface area contributed by atoms with Crippen molar-refractivity contribution < 1.29 is 56.7 Å². The first-order valence-electron chi connectivity index (χ1n) is 13.4. The zero-order valence-corrected chi connectivity index (χ0v) is 24.9. The smallest absolute Gasteiger partial charge is 0.387 e. The van der Waals surface area contributed by atoms with Gasteiger partial charge < -0.3 is 49.3 Å². The Bertz CT molecular complexity index is 1930. The summed E-state index contributed by atoms with van der Waals surface area (Å²) in [7, 11) is -10.1. The molecule has 10 atom stereocenters. The van der Waals surface area contributed by atoms with Crippen LogP contribution in [0.5, 0.6) is 0 Å². The number of H-pyrrole nitrogens is 1. The number of fused-ring (bicyclic) bond motifs is 5. The fourth-order valence-corrected chi connectivity index (χ4v) is 7.56. The molecule has 0 amide bonds. The molecule has 242 valence electrons. The lowest BCUT2D eigenvalue weighted by Gasteiger charge is -2.26. The minimum atomic E-state index is -5.06. The molecule has 4 unspecified atom stereocenters. The van der Waals surface area contributed by atoms with Gasteiger partial charge in [0.2, 0.25) is 0 Å². The van der Waals surface area contributed by atoms with Gasteiger partial charge in [0.25, 0.3) is 5.56 Å². The average molecular weight is 671 g/mol. The number of anilines is 1. The summed E-state index contributed by atoms with van der Waals surface area (Å²) in [6.07, 6.45) is -8.00. The number of aromatic amines is 1. The molecule has 0 spiro atoms. The van der Waals surface area contributed by atoms with Crippen LogP contribution in [0.2, 0.25) is 0 Å². The van der Waals surface area contributed by atoms with Crippen molar-refractivity contribution in [3.05, 3.63) is 47.0 Å². The fourth-order valence-electron chi connectivity index (χ4n) is 5.66. The molecule has 22 heteroatoms. The van der Waals surface area contributed by atoms with Crippen molar-refractivity contribution in [1.29, 1.82) is 0 Å². The van der Waals surface area contributed by atoms with Gasteiger partial charge in [-0.15, -0.1) is 0 Å². The van der Waals surface area contributed by atoms with Crippen molar-refractivity contribution >= 4 is 43.5 Å². The van der Waals surface area contributed by atoms with Gasteiger partial charge in [0, 0.05) is 12.4 Å². The number of aliphatic hydroxyl groups excluding tert-OH is 2. The monoisotopic (exact) mass is 671 g/mol. The second-order valence-electron chi connectivity index (χ2n) is 10.6. The number of hydrogen-bond donors (Lipinski definition) is 6. The quantitative estimate of drug-likeness (QED) is 0.148. The molecule has 3 aliphatic heterocycles. The minimum absolute atomic E-state index is 0.112. The molecule has 0 saturated carbocycles. The predicted molar refractivity (Wildman–Crippen MR) is 148 cm³/mol. The van der Waals surface area contributed by atoms with Gasteiger partial charge in [-0.05, 0) is 19.1 Å². The van der Waals surface area contributed by atoms with Crippen molar-refractivity contribution in [2.75, 3.05) is 18.9 Å². The highest BCUT2D eigenvalue weighted by Crippen LogP contribution is 2.53. The maximum atomic E-state index is 13.2. The van der Waals surface area contributed by atoms with E-state index in [0.717, 1.165) is 0 Å². The molecule has 3 aliphatic rings. The number of phosphoric acid groups is 2. The summed E-state index contributed by atoms with van der Waals surface area (Å²) in [5, 5.41) is 22.8. The summed E-state index contributed by atoms with van der Waals surface area (Å²) >= 11 is 0. The van der Waals surface area contributed by atoms with Gasteiger partial charge in [-0.2, -0.15) is 0 Å². The van der Waals surface area contributed by atoms with Gasteiger partial charge in [-0.1, -0.05) is 0 Å². The second kappa shape index (κ2) is 11.0. The van der Waals surface area contributed by atoms with E-state index in [-0.39, 0.29) is 28.3 Å². The third-order valence-electron chi connectivity index (χ3n) is 7.72. The summed E-state index contributed by atoms with van der Waals surface area (Å²) in [5.74, 6) is 0.415.